The lowest BCUT2D eigenvalue weighted by atomic mass is 10.1. The van der Waals surface area contributed by atoms with Gasteiger partial charge in [0.2, 0.25) is 5.91 Å². The highest BCUT2D eigenvalue weighted by atomic mass is 19.1. The minimum atomic E-state index is -0.747. The van der Waals surface area contributed by atoms with E-state index in [0.717, 1.165) is 12.8 Å². The van der Waals surface area contributed by atoms with E-state index in [1.165, 1.54) is 29.2 Å². The van der Waals surface area contributed by atoms with Gasteiger partial charge in [-0.1, -0.05) is 6.07 Å². The molecular weight excluding hydrogens is 403 g/mol. The van der Waals surface area contributed by atoms with Crippen molar-refractivity contribution in [2.24, 2.45) is 5.92 Å². The van der Waals surface area contributed by atoms with Crippen molar-refractivity contribution in [2.45, 2.75) is 25.8 Å². The average molecular weight is 426 g/mol. The molecule has 31 heavy (non-hydrogen) atoms. The lowest BCUT2D eigenvalue weighted by Gasteiger charge is -2.33. The van der Waals surface area contributed by atoms with Gasteiger partial charge in [0.25, 0.3) is 5.91 Å². The Bertz CT molecular complexity index is 1020. The Balaban J connectivity index is 1.50. The molecule has 1 atom stereocenters. The van der Waals surface area contributed by atoms with Crippen molar-refractivity contribution in [2.75, 3.05) is 24.7 Å². The van der Waals surface area contributed by atoms with Gasteiger partial charge < -0.3 is 14.8 Å². The second kappa shape index (κ2) is 8.75. The number of Topliss-reactive ketones (excluding diaryl/α,β-unsaturated/α-hetero) is 1. The molecule has 0 radical (unpaired) electrons. The van der Waals surface area contributed by atoms with Crippen LogP contribution in [0.2, 0.25) is 0 Å². The highest BCUT2D eigenvalue weighted by Gasteiger charge is 2.34. The molecular formula is C23H23FN2O5. The molecule has 1 N–H and O–H groups in total. The summed E-state index contributed by atoms with van der Waals surface area (Å²) in [5, 5.41) is 2.88. The van der Waals surface area contributed by atoms with Gasteiger partial charge in [-0.25, -0.2) is 4.39 Å². The SMILES string of the molecule is CC(C(=O)NCC1CC1)N1C(=O)COc2ccc(C(=O)COc3cccc(F)c3)cc21. The molecule has 2 aromatic carbocycles. The third-order valence-corrected chi connectivity index (χ3v) is 5.35. The molecule has 1 heterocycles. The molecule has 2 amide bonds. The molecule has 1 aliphatic heterocycles. The molecule has 1 fully saturated rings. The zero-order chi connectivity index (χ0) is 22.0. The van der Waals surface area contributed by atoms with Gasteiger partial charge in [-0.3, -0.25) is 19.3 Å². The summed E-state index contributed by atoms with van der Waals surface area (Å²) in [6.07, 6.45) is 2.22. The summed E-state index contributed by atoms with van der Waals surface area (Å²) >= 11 is 0. The standard InChI is InChI=1S/C23H23FN2O5/c1-14(23(29)25-11-15-5-6-15)26-19-9-16(7-8-21(19)31-13-22(26)28)20(27)12-30-18-4-2-3-17(24)10-18/h2-4,7-10,14-15H,5-6,11-13H2,1H3,(H,25,29). The van der Waals surface area contributed by atoms with E-state index in [1.54, 1.807) is 25.1 Å². The number of hydrogen-bond donors (Lipinski definition) is 1. The molecule has 0 spiro atoms. The number of rotatable bonds is 8. The van der Waals surface area contributed by atoms with E-state index < -0.39 is 11.9 Å². The molecule has 2 aliphatic rings. The van der Waals surface area contributed by atoms with E-state index in [9.17, 15) is 18.8 Å². The van der Waals surface area contributed by atoms with Crippen molar-refractivity contribution in [1.82, 2.24) is 5.32 Å². The summed E-state index contributed by atoms with van der Waals surface area (Å²) in [7, 11) is 0. The quantitative estimate of drug-likeness (QED) is 0.656. The second-order valence-electron chi connectivity index (χ2n) is 7.77. The Hall–Kier alpha value is -3.42. The van der Waals surface area contributed by atoms with Crippen LogP contribution < -0.4 is 19.7 Å². The summed E-state index contributed by atoms with van der Waals surface area (Å²) in [6.45, 7) is 1.78. The van der Waals surface area contributed by atoms with Crippen LogP contribution in [-0.2, 0) is 9.59 Å². The Labute approximate surface area is 179 Å². The van der Waals surface area contributed by atoms with Crippen LogP contribution in [0, 0.1) is 11.7 Å². The van der Waals surface area contributed by atoms with Crippen LogP contribution in [0.3, 0.4) is 0 Å². The number of amides is 2. The molecule has 2 aromatic rings. The number of benzene rings is 2. The van der Waals surface area contributed by atoms with Gasteiger partial charge in [0.1, 0.15) is 23.4 Å². The smallest absolute Gasteiger partial charge is 0.265 e. The molecule has 1 saturated carbocycles. The number of ketones is 1. The average Bonchev–Trinajstić information content (AvgIpc) is 3.59. The van der Waals surface area contributed by atoms with Crippen molar-refractivity contribution in [1.29, 1.82) is 0 Å². The lowest BCUT2D eigenvalue weighted by Crippen LogP contribution is -2.51. The molecule has 162 valence electrons. The van der Waals surface area contributed by atoms with Crippen molar-refractivity contribution >= 4 is 23.3 Å². The summed E-state index contributed by atoms with van der Waals surface area (Å²) in [4.78, 5) is 39.1. The van der Waals surface area contributed by atoms with Crippen molar-refractivity contribution in [3.8, 4) is 11.5 Å². The molecule has 0 bridgehead atoms. The molecule has 0 saturated heterocycles. The number of carbonyl (C=O) groups is 3. The van der Waals surface area contributed by atoms with Gasteiger partial charge in [-0.05, 0) is 56.0 Å². The second-order valence-corrected chi connectivity index (χ2v) is 7.77. The molecule has 4 rings (SSSR count). The largest absolute Gasteiger partial charge is 0.485 e. The number of halogens is 1. The van der Waals surface area contributed by atoms with Crippen molar-refractivity contribution < 1.29 is 28.2 Å². The van der Waals surface area contributed by atoms with E-state index in [1.807, 2.05) is 0 Å². The molecule has 0 aromatic heterocycles. The Morgan fingerprint density at radius 2 is 2.06 bits per heavy atom. The normalized spacial score (nSPS) is 16.2. The summed E-state index contributed by atoms with van der Waals surface area (Å²) in [5.41, 5.74) is 0.658. The lowest BCUT2D eigenvalue weighted by molar-refractivity contribution is -0.127. The number of hydrogen-bond acceptors (Lipinski definition) is 5. The maximum absolute atomic E-state index is 13.3. The summed E-state index contributed by atoms with van der Waals surface area (Å²) < 4.78 is 24.1. The monoisotopic (exact) mass is 426 g/mol. The molecule has 7 nitrogen and oxygen atoms in total. The van der Waals surface area contributed by atoms with Crippen LogP contribution >= 0.6 is 0 Å². The number of nitrogens with zero attached hydrogens (tertiary/aromatic N) is 1. The third-order valence-electron chi connectivity index (χ3n) is 5.35. The fourth-order valence-electron chi connectivity index (χ4n) is 3.39. The maximum atomic E-state index is 13.3. The zero-order valence-corrected chi connectivity index (χ0v) is 17.1. The Kier molecular flexibility index (Phi) is 5.88. The van der Waals surface area contributed by atoms with E-state index in [2.05, 4.69) is 5.32 Å². The van der Waals surface area contributed by atoms with Crippen LogP contribution in [0.25, 0.3) is 0 Å². The Morgan fingerprint density at radius 1 is 1.26 bits per heavy atom. The van der Waals surface area contributed by atoms with Gasteiger partial charge in [0, 0.05) is 18.2 Å². The number of anilines is 1. The predicted octanol–water partition coefficient (Wildman–Crippen LogP) is 2.73. The molecule has 1 unspecified atom stereocenters. The number of ether oxygens (including phenoxy) is 2. The minimum absolute atomic E-state index is 0.177. The van der Waals surface area contributed by atoms with Crippen LogP contribution in [0.5, 0.6) is 11.5 Å². The highest BCUT2D eigenvalue weighted by molar-refractivity contribution is 6.05. The van der Waals surface area contributed by atoms with Gasteiger partial charge >= 0.3 is 0 Å². The number of carbonyl (C=O) groups excluding carboxylic acids is 3. The van der Waals surface area contributed by atoms with Crippen molar-refractivity contribution in [3.05, 3.63) is 53.8 Å². The van der Waals surface area contributed by atoms with E-state index in [4.69, 9.17) is 9.47 Å². The van der Waals surface area contributed by atoms with Gasteiger partial charge in [-0.2, -0.15) is 0 Å². The van der Waals surface area contributed by atoms with Gasteiger partial charge in [0.15, 0.2) is 19.0 Å². The topological polar surface area (TPSA) is 84.9 Å². The summed E-state index contributed by atoms with van der Waals surface area (Å²) in [5.74, 6) is -0.237. The van der Waals surface area contributed by atoms with Crippen LogP contribution in [0.1, 0.15) is 30.1 Å². The van der Waals surface area contributed by atoms with Crippen molar-refractivity contribution in [3.63, 3.8) is 0 Å². The summed E-state index contributed by atoms with van der Waals surface area (Å²) in [6, 6.07) is 9.46. The minimum Gasteiger partial charge on any atom is -0.485 e. The predicted molar refractivity (Wildman–Crippen MR) is 111 cm³/mol. The van der Waals surface area contributed by atoms with Crippen LogP contribution in [0.15, 0.2) is 42.5 Å². The van der Waals surface area contributed by atoms with E-state index in [-0.39, 0.29) is 36.6 Å². The first-order valence-corrected chi connectivity index (χ1v) is 10.2. The van der Waals surface area contributed by atoms with Gasteiger partial charge in [0.05, 0.1) is 5.69 Å². The first-order valence-electron chi connectivity index (χ1n) is 10.2. The number of nitrogens with one attached hydrogen (secondary N) is 1. The molecule has 1 aliphatic carbocycles. The van der Waals surface area contributed by atoms with Crippen LogP contribution in [0.4, 0.5) is 10.1 Å². The van der Waals surface area contributed by atoms with E-state index >= 15 is 0 Å². The fourth-order valence-corrected chi connectivity index (χ4v) is 3.39. The first kappa shape index (κ1) is 20.8. The molecule has 8 heteroatoms. The third kappa shape index (κ3) is 4.84. The first-order chi connectivity index (χ1) is 14.9. The fraction of sp³-hybridized carbons (Fsp3) is 0.348. The van der Waals surface area contributed by atoms with Crippen LogP contribution in [-0.4, -0.2) is 43.4 Å². The highest BCUT2D eigenvalue weighted by Crippen LogP contribution is 2.35. The van der Waals surface area contributed by atoms with E-state index in [0.29, 0.717) is 29.5 Å². The zero-order valence-electron chi connectivity index (χ0n) is 17.1. The maximum Gasteiger partial charge on any atom is 0.265 e. The van der Waals surface area contributed by atoms with Gasteiger partial charge in [-0.15, -0.1) is 0 Å². The Morgan fingerprint density at radius 3 is 2.81 bits per heavy atom. The number of fused-ring (bicyclic) bond motifs is 1.